The van der Waals surface area contributed by atoms with Gasteiger partial charge in [0.15, 0.2) is 0 Å². The maximum Gasteiger partial charge on any atom is 0.256 e. The summed E-state index contributed by atoms with van der Waals surface area (Å²) in [6.07, 6.45) is 2.35. The third kappa shape index (κ3) is 4.45. The van der Waals surface area contributed by atoms with E-state index < -0.39 is 0 Å². The lowest BCUT2D eigenvalue weighted by Gasteiger charge is -2.34. The molecule has 0 N–H and O–H groups in total. The number of amides is 2. The largest absolute Gasteiger partial charge is 0.339 e. The molecule has 3 heterocycles. The average molecular weight is 458 g/mol. The highest BCUT2D eigenvalue weighted by Crippen LogP contribution is 2.31. The van der Waals surface area contributed by atoms with Gasteiger partial charge < -0.3 is 9.80 Å². The number of rotatable bonds is 3. The Morgan fingerprint density at radius 2 is 1.56 bits per heavy atom. The van der Waals surface area contributed by atoms with Crippen molar-refractivity contribution in [1.82, 2.24) is 14.8 Å². The van der Waals surface area contributed by atoms with Gasteiger partial charge >= 0.3 is 0 Å². The maximum absolute atomic E-state index is 13.6. The summed E-state index contributed by atoms with van der Waals surface area (Å²) in [5, 5.41) is 0. The molecule has 0 aliphatic carbocycles. The summed E-state index contributed by atoms with van der Waals surface area (Å²) in [5.74, 6) is -0.288. The van der Waals surface area contributed by atoms with Gasteiger partial charge in [-0.3, -0.25) is 14.6 Å². The van der Waals surface area contributed by atoms with Crippen LogP contribution in [0.5, 0.6) is 0 Å². The third-order valence-corrected chi connectivity index (χ3v) is 6.97. The fourth-order valence-corrected chi connectivity index (χ4v) is 5.04. The van der Waals surface area contributed by atoms with Gasteiger partial charge in [0.1, 0.15) is 5.82 Å². The maximum atomic E-state index is 13.6. The molecule has 5 rings (SSSR count). The zero-order chi connectivity index (χ0) is 23.7. The predicted molar refractivity (Wildman–Crippen MR) is 128 cm³/mol. The Hall–Kier alpha value is -3.54. The van der Waals surface area contributed by atoms with Gasteiger partial charge in [-0.25, -0.2) is 4.39 Å². The Morgan fingerprint density at radius 3 is 2.29 bits per heavy atom. The number of pyridine rings is 1. The first-order valence-electron chi connectivity index (χ1n) is 11.9. The molecule has 1 aromatic heterocycles. The van der Waals surface area contributed by atoms with Gasteiger partial charge in [-0.2, -0.15) is 0 Å². The van der Waals surface area contributed by atoms with E-state index in [2.05, 4.69) is 12.1 Å². The molecule has 6 heteroatoms. The standard InChI is InChI=1S/C28H28FN3O2/c1-19-6-11-25(28(34)32-17-12-20-4-2-3-5-23(20)18-32)26(30-19)21-13-15-31(16-14-21)27(33)22-7-9-24(29)10-8-22/h2-11,21H,12-18H2,1H3. The van der Waals surface area contributed by atoms with Crippen molar-refractivity contribution >= 4 is 11.8 Å². The van der Waals surface area contributed by atoms with Crippen LogP contribution in [0.2, 0.25) is 0 Å². The van der Waals surface area contributed by atoms with Gasteiger partial charge in [0.05, 0.1) is 11.3 Å². The fraction of sp³-hybridized carbons (Fsp3) is 0.321. The number of aryl methyl sites for hydroxylation is 1. The minimum atomic E-state index is -0.352. The van der Waals surface area contributed by atoms with Gasteiger partial charge in [0.2, 0.25) is 0 Å². The number of likely N-dealkylation sites (tertiary alicyclic amines) is 1. The van der Waals surface area contributed by atoms with E-state index in [1.807, 2.05) is 41.0 Å². The molecule has 34 heavy (non-hydrogen) atoms. The number of benzene rings is 2. The fourth-order valence-electron chi connectivity index (χ4n) is 5.04. The molecule has 1 fully saturated rings. The number of hydrogen-bond donors (Lipinski definition) is 0. The molecule has 1 saturated heterocycles. The molecule has 5 nitrogen and oxygen atoms in total. The molecule has 2 amide bonds. The SMILES string of the molecule is Cc1ccc(C(=O)N2CCc3ccccc3C2)c(C2CCN(C(=O)c3ccc(F)cc3)CC2)n1. The number of carbonyl (C=O) groups excluding carboxylic acids is 2. The molecule has 0 unspecified atom stereocenters. The summed E-state index contributed by atoms with van der Waals surface area (Å²) in [6.45, 7) is 4.44. The summed E-state index contributed by atoms with van der Waals surface area (Å²) >= 11 is 0. The molecule has 2 aromatic carbocycles. The molecule has 0 saturated carbocycles. The summed E-state index contributed by atoms with van der Waals surface area (Å²) < 4.78 is 13.2. The lowest BCUT2D eigenvalue weighted by atomic mass is 9.89. The van der Waals surface area contributed by atoms with Crippen molar-refractivity contribution in [3.8, 4) is 0 Å². The number of nitrogens with zero attached hydrogens (tertiary/aromatic N) is 3. The van der Waals surface area contributed by atoms with Crippen LogP contribution in [0.25, 0.3) is 0 Å². The van der Waals surface area contributed by atoms with Crippen molar-refractivity contribution in [2.75, 3.05) is 19.6 Å². The van der Waals surface area contributed by atoms with E-state index in [0.29, 0.717) is 37.3 Å². The van der Waals surface area contributed by atoms with Crippen LogP contribution in [0.3, 0.4) is 0 Å². The Labute approximate surface area is 199 Å². The second-order valence-corrected chi connectivity index (χ2v) is 9.20. The molecule has 2 aliphatic heterocycles. The molecular weight excluding hydrogens is 429 g/mol. The first-order valence-corrected chi connectivity index (χ1v) is 11.9. The summed E-state index contributed by atoms with van der Waals surface area (Å²) in [4.78, 5) is 34.9. The van der Waals surface area contributed by atoms with E-state index in [0.717, 1.165) is 30.7 Å². The van der Waals surface area contributed by atoms with Crippen LogP contribution in [0, 0.1) is 12.7 Å². The molecular formula is C28H28FN3O2. The van der Waals surface area contributed by atoms with Gasteiger partial charge in [-0.1, -0.05) is 24.3 Å². The zero-order valence-electron chi connectivity index (χ0n) is 19.3. The van der Waals surface area contributed by atoms with Gasteiger partial charge in [-0.15, -0.1) is 0 Å². The van der Waals surface area contributed by atoms with E-state index in [4.69, 9.17) is 4.98 Å². The van der Waals surface area contributed by atoms with Gasteiger partial charge in [0.25, 0.3) is 11.8 Å². The number of fused-ring (bicyclic) bond motifs is 1. The number of piperidine rings is 1. The second-order valence-electron chi connectivity index (χ2n) is 9.20. The van der Waals surface area contributed by atoms with Crippen molar-refractivity contribution < 1.29 is 14.0 Å². The highest BCUT2D eigenvalue weighted by atomic mass is 19.1. The zero-order valence-corrected chi connectivity index (χ0v) is 19.3. The number of hydrogen-bond acceptors (Lipinski definition) is 3. The summed E-state index contributed by atoms with van der Waals surface area (Å²) in [7, 11) is 0. The lowest BCUT2D eigenvalue weighted by molar-refractivity contribution is 0.0699. The van der Waals surface area contributed by atoms with Crippen LogP contribution < -0.4 is 0 Å². The quantitative estimate of drug-likeness (QED) is 0.571. The lowest BCUT2D eigenvalue weighted by Crippen LogP contribution is -2.39. The molecule has 3 aromatic rings. The van der Waals surface area contributed by atoms with Crippen LogP contribution in [0.1, 0.15) is 62.0 Å². The average Bonchev–Trinajstić information content (AvgIpc) is 2.88. The third-order valence-electron chi connectivity index (χ3n) is 6.97. The molecule has 0 bridgehead atoms. The van der Waals surface area contributed by atoms with Crippen molar-refractivity contribution in [1.29, 1.82) is 0 Å². The van der Waals surface area contributed by atoms with Gasteiger partial charge in [0, 0.05) is 43.4 Å². The minimum absolute atomic E-state index is 0.0295. The number of carbonyl (C=O) groups is 2. The smallest absolute Gasteiger partial charge is 0.256 e. The highest BCUT2D eigenvalue weighted by Gasteiger charge is 2.30. The molecule has 0 radical (unpaired) electrons. The van der Waals surface area contributed by atoms with Crippen LogP contribution in [-0.2, 0) is 13.0 Å². The second kappa shape index (κ2) is 9.37. The number of aromatic nitrogens is 1. The van der Waals surface area contributed by atoms with E-state index in [1.54, 1.807) is 0 Å². The van der Waals surface area contributed by atoms with Gasteiger partial charge in [-0.05, 0) is 73.7 Å². The summed E-state index contributed by atoms with van der Waals surface area (Å²) in [5.41, 5.74) is 5.42. The summed E-state index contributed by atoms with van der Waals surface area (Å²) in [6, 6.07) is 17.8. The highest BCUT2D eigenvalue weighted by molar-refractivity contribution is 5.96. The molecule has 174 valence electrons. The van der Waals surface area contributed by atoms with Crippen molar-refractivity contribution in [2.24, 2.45) is 0 Å². The predicted octanol–water partition coefficient (Wildman–Crippen LogP) is 4.75. The van der Waals surface area contributed by atoms with Crippen LogP contribution >= 0.6 is 0 Å². The van der Waals surface area contributed by atoms with E-state index in [9.17, 15) is 14.0 Å². The van der Waals surface area contributed by atoms with Crippen LogP contribution in [-0.4, -0.2) is 46.2 Å². The molecule has 0 spiro atoms. The number of halogens is 1. The monoisotopic (exact) mass is 457 g/mol. The Kier molecular flexibility index (Phi) is 6.14. The van der Waals surface area contributed by atoms with E-state index >= 15 is 0 Å². The Balaban J connectivity index is 1.31. The Bertz CT molecular complexity index is 1220. The van der Waals surface area contributed by atoms with Crippen molar-refractivity contribution in [3.05, 3.63) is 100 Å². The van der Waals surface area contributed by atoms with Crippen LogP contribution in [0.15, 0.2) is 60.7 Å². The van der Waals surface area contributed by atoms with E-state index in [1.165, 1.54) is 35.4 Å². The minimum Gasteiger partial charge on any atom is -0.339 e. The topological polar surface area (TPSA) is 53.5 Å². The van der Waals surface area contributed by atoms with E-state index in [-0.39, 0.29) is 23.5 Å². The Morgan fingerprint density at radius 1 is 0.853 bits per heavy atom. The normalized spacial score (nSPS) is 16.3. The first-order chi connectivity index (χ1) is 16.5. The van der Waals surface area contributed by atoms with Crippen molar-refractivity contribution in [3.63, 3.8) is 0 Å². The molecule has 0 atom stereocenters. The molecule has 2 aliphatic rings. The van der Waals surface area contributed by atoms with Crippen molar-refractivity contribution in [2.45, 2.75) is 38.6 Å². The van der Waals surface area contributed by atoms with Crippen LogP contribution in [0.4, 0.5) is 4.39 Å². The first kappa shape index (κ1) is 22.3.